The summed E-state index contributed by atoms with van der Waals surface area (Å²) < 4.78 is 0. The fourth-order valence-electron chi connectivity index (χ4n) is 3.63. The van der Waals surface area contributed by atoms with Gasteiger partial charge in [0, 0.05) is 18.0 Å². The van der Waals surface area contributed by atoms with Crippen molar-refractivity contribution in [2.24, 2.45) is 17.6 Å². The van der Waals surface area contributed by atoms with E-state index in [1.54, 1.807) is 12.1 Å². The van der Waals surface area contributed by atoms with Gasteiger partial charge in [-0.05, 0) is 68.0 Å². The molecule has 0 aliphatic heterocycles. The first-order valence-electron chi connectivity index (χ1n) is 10.7. The van der Waals surface area contributed by atoms with E-state index >= 15 is 0 Å². The zero-order valence-corrected chi connectivity index (χ0v) is 19.2. The van der Waals surface area contributed by atoms with Crippen molar-refractivity contribution in [3.8, 4) is 0 Å². The second kappa shape index (κ2) is 14.1. The summed E-state index contributed by atoms with van der Waals surface area (Å²) in [5, 5.41) is 20.5. The molecule has 1 saturated carbocycles. The molecule has 7 N–H and O–H groups in total. The van der Waals surface area contributed by atoms with Crippen LogP contribution in [0.3, 0.4) is 0 Å². The zero-order valence-electron chi connectivity index (χ0n) is 18.4. The number of halogens is 1. The number of carboxylic acids is 2. The minimum atomic E-state index is -0.993. The Balaban J connectivity index is 0.000000417. The van der Waals surface area contributed by atoms with Crippen LogP contribution in [0.4, 0.5) is 5.69 Å². The molecule has 9 heteroatoms. The van der Waals surface area contributed by atoms with Crippen molar-refractivity contribution >= 4 is 35.9 Å². The average molecular weight is 478 g/mol. The molecule has 0 spiro atoms. The van der Waals surface area contributed by atoms with Crippen LogP contribution in [0.5, 0.6) is 0 Å². The maximum atomic E-state index is 12.3. The number of anilines is 1. The van der Waals surface area contributed by atoms with E-state index in [1.165, 1.54) is 12.1 Å². The van der Waals surface area contributed by atoms with Gasteiger partial charge in [-0.2, -0.15) is 0 Å². The SMILES string of the molecule is Cl.NCC1CCC(C(=O)N[C@@H](Cc2ccccc2)C(=O)O)CC1.Nc1ccc(C(=O)O)cc1. The number of hydrogen-bond donors (Lipinski definition) is 5. The summed E-state index contributed by atoms with van der Waals surface area (Å²) >= 11 is 0. The lowest BCUT2D eigenvalue weighted by atomic mass is 9.81. The zero-order chi connectivity index (χ0) is 23.5. The fraction of sp³-hybridized carbons (Fsp3) is 0.375. The van der Waals surface area contributed by atoms with Crippen LogP contribution in [0.1, 0.15) is 41.6 Å². The summed E-state index contributed by atoms with van der Waals surface area (Å²) in [6.07, 6.45) is 3.80. The van der Waals surface area contributed by atoms with Crippen LogP contribution >= 0.6 is 12.4 Å². The first-order valence-corrected chi connectivity index (χ1v) is 10.7. The first-order chi connectivity index (χ1) is 15.3. The third-order valence-corrected chi connectivity index (χ3v) is 5.61. The van der Waals surface area contributed by atoms with Gasteiger partial charge in [0.25, 0.3) is 0 Å². The van der Waals surface area contributed by atoms with Gasteiger partial charge in [-0.25, -0.2) is 9.59 Å². The number of nitrogen functional groups attached to an aromatic ring is 1. The van der Waals surface area contributed by atoms with Crippen molar-refractivity contribution in [2.45, 2.75) is 38.1 Å². The summed E-state index contributed by atoms with van der Waals surface area (Å²) in [5.74, 6) is -1.64. The molecule has 0 unspecified atom stereocenters. The number of hydrogen-bond acceptors (Lipinski definition) is 5. The fourth-order valence-corrected chi connectivity index (χ4v) is 3.63. The Kier molecular flexibility index (Phi) is 12.0. The molecule has 3 rings (SSSR count). The van der Waals surface area contributed by atoms with Crippen molar-refractivity contribution in [1.82, 2.24) is 5.32 Å². The molecule has 33 heavy (non-hydrogen) atoms. The second-order valence-electron chi connectivity index (χ2n) is 7.97. The van der Waals surface area contributed by atoms with E-state index in [2.05, 4.69) is 5.32 Å². The predicted octanol–water partition coefficient (Wildman–Crippen LogP) is 2.95. The van der Waals surface area contributed by atoms with Crippen molar-refractivity contribution in [2.75, 3.05) is 12.3 Å². The van der Waals surface area contributed by atoms with Crippen LogP contribution in [-0.4, -0.2) is 40.6 Å². The highest BCUT2D eigenvalue weighted by Gasteiger charge is 2.29. The molecule has 1 aliphatic rings. The quantitative estimate of drug-likeness (QED) is 0.384. The van der Waals surface area contributed by atoms with Gasteiger partial charge in [0.2, 0.25) is 5.91 Å². The summed E-state index contributed by atoms with van der Waals surface area (Å²) in [6, 6.07) is 14.5. The maximum absolute atomic E-state index is 12.3. The van der Waals surface area contributed by atoms with Gasteiger partial charge in [-0.3, -0.25) is 4.79 Å². The van der Waals surface area contributed by atoms with Crippen molar-refractivity contribution < 1.29 is 24.6 Å². The average Bonchev–Trinajstić information content (AvgIpc) is 2.80. The molecule has 180 valence electrons. The van der Waals surface area contributed by atoms with E-state index in [0.717, 1.165) is 31.2 Å². The highest BCUT2D eigenvalue weighted by molar-refractivity contribution is 5.88. The lowest BCUT2D eigenvalue weighted by Gasteiger charge is -2.27. The number of carboxylic acid groups (broad SMARTS) is 2. The Hall–Kier alpha value is -3.10. The lowest BCUT2D eigenvalue weighted by Crippen LogP contribution is -2.45. The van der Waals surface area contributed by atoms with Gasteiger partial charge < -0.3 is 27.0 Å². The van der Waals surface area contributed by atoms with Crippen LogP contribution < -0.4 is 16.8 Å². The number of nitrogens with one attached hydrogen (secondary N) is 1. The topological polar surface area (TPSA) is 156 Å². The van der Waals surface area contributed by atoms with Gasteiger partial charge >= 0.3 is 11.9 Å². The smallest absolute Gasteiger partial charge is 0.335 e. The van der Waals surface area contributed by atoms with Crippen LogP contribution in [0.2, 0.25) is 0 Å². The molecule has 2 aromatic carbocycles. The third kappa shape index (κ3) is 9.51. The lowest BCUT2D eigenvalue weighted by molar-refractivity contribution is -0.142. The van der Waals surface area contributed by atoms with E-state index in [0.29, 0.717) is 24.6 Å². The molecule has 0 heterocycles. The molecule has 0 bridgehead atoms. The Morgan fingerprint density at radius 2 is 1.52 bits per heavy atom. The highest BCUT2D eigenvalue weighted by Crippen LogP contribution is 2.28. The highest BCUT2D eigenvalue weighted by atomic mass is 35.5. The van der Waals surface area contributed by atoms with Crippen molar-refractivity contribution in [3.63, 3.8) is 0 Å². The molecule has 1 atom stereocenters. The molecule has 0 radical (unpaired) electrons. The number of nitrogens with two attached hydrogens (primary N) is 2. The van der Waals surface area contributed by atoms with Gasteiger partial charge in [-0.15, -0.1) is 12.4 Å². The molecular weight excluding hydrogens is 446 g/mol. The largest absolute Gasteiger partial charge is 0.480 e. The Labute approximate surface area is 199 Å². The minimum Gasteiger partial charge on any atom is -0.480 e. The number of carbonyl (C=O) groups is 3. The second-order valence-corrected chi connectivity index (χ2v) is 7.97. The summed E-state index contributed by atoms with van der Waals surface area (Å²) in [5.41, 5.74) is 12.7. The molecule has 8 nitrogen and oxygen atoms in total. The maximum Gasteiger partial charge on any atom is 0.335 e. The molecular formula is C24H32ClN3O5. The molecule has 1 fully saturated rings. The predicted molar refractivity (Wildman–Crippen MR) is 129 cm³/mol. The number of aromatic carboxylic acids is 1. The van der Waals surface area contributed by atoms with E-state index in [4.69, 9.17) is 16.6 Å². The number of rotatable bonds is 7. The van der Waals surface area contributed by atoms with Crippen LogP contribution in [-0.2, 0) is 16.0 Å². The third-order valence-electron chi connectivity index (χ3n) is 5.61. The standard InChI is InChI=1S/C17H24N2O3.C7H7NO2.ClH/c18-11-13-6-8-14(9-7-13)16(20)19-15(17(21)22)10-12-4-2-1-3-5-12;8-6-3-1-5(2-4-6)7(9)10;/h1-5,13-15H,6-11,18H2,(H,19,20)(H,21,22);1-4H,8H2,(H,9,10);1H/t13?,14?,15-;;/m0../s1. The van der Waals surface area contributed by atoms with Crippen LogP contribution in [0.25, 0.3) is 0 Å². The minimum absolute atomic E-state index is 0. The van der Waals surface area contributed by atoms with Gasteiger partial charge in [0.1, 0.15) is 6.04 Å². The van der Waals surface area contributed by atoms with Gasteiger partial charge in [0.15, 0.2) is 0 Å². The monoisotopic (exact) mass is 477 g/mol. The van der Waals surface area contributed by atoms with Crippen molar-refractivity contribution in [3.05, 3.63) is 65.7 Å². The molecule has 1 aliphatic carbocycles. The van der Waals surface area contributed by atoms with Crippen LogP contribution in [0.15, 0.2) is 54.6 Å². The summed E-state index contributed by atoms with van der Waals surface area (Å²) in [4.78, 5) is 34.0. The molecule has 0 aromatic heterocycles. The van der Waals surface area contributed by atoms with E-state index in [-0.39, 0.29) is 29.8 Å². The normalized spacial score (nSPS) is 18.0. The summed E-state index contributed by atoms with van der Waals surface area (Å²) in [7, 11) is 0. The Morgan fingerprint density at radius 1 is 0.939 bits per heavy atom. The molecule has 1 amide bonds. The number of carbonyl (C=O) groups excluding carboxylic acids is 1. The molecule has 2 aromatic rings. The Morgan fingerprint density at radius 3 is 2.00 bits per heavy atom. The summed E-state index contributed by atoms with van der Waals surface area (Å²) in [6.45, 7) is 0.667. The Bertz CT molecular complexity index is 885. The van der Waals surface area contributed by atoms with Crippen molar-refractivity contribution in [1.29, 1.82) is 0 Å². The van der Waals surface area contributed by atoms with E-state index in [9.17, 15) is 19.5 Å². The number of benzene rings is 2. The number of amides is 1. The van der Waals surface area contributed by atoms with Gasteiger partial charge in [0.05, 0.1) is 5.56 Å². The van der Waals surface area contributed by atoms with E-state index in [1.807, 2.05) is 30.3 Å². The first kappa shape index (κ1) is 27.9. The van der Waals surface area contributed by atoms with Gasteiger partial charge in [-0.1, -0.05) is 30.3 Å². The number of aliphatic carboxylic acids is 1. The van der Waals surface area contributed by atoms with E-state index < -0.39 is 18.0 Å². The molecule has 0 saturated heterocycles. The van der Waals surface area contributed by atoms with Crippen LogP contribution in [0, 0.1) is 11.8 Å².